The minimum absolute atomic E-state index is 0.0398. The zero-order valence-corrected chi connectivity index (χ0v) is 16.7. The fourth-order valence-electron chi connectivity index (χ4n) is 3.58. The van der Waals surface area contributed by atoms with E-state index in [9.17, 15) is 36.0 Å². The highest BCUT2D eigenvalue weighted by Gasteiger charge is 2.37. The number of nitro benzene ring substituents is 2. The van der Waals surface area contributed by atoms with Crippen molar-refractivity contribution < 1.29 is 9.85 Å². The highest BCUT2D eigenvalue weighted by atomic mass is 16.6. The first-order valence-electron chi connectivity index (χ1n) is 9.20. The van der Waals surface area contributed by atoms with Gasteiger partial charge in [0.2, 0.25) is 0 Å². The molecule has 1 atom stereocenters. The van der Waals surface area contributed by atoms with Gasteiger partial charge in [0.25, 0.3) is 11.4 Å². The molecule has 3 rings (SSSR count). The average Bonchev–Trinajstić information content (AvgIpc) is 2.79. The summed E-state index contributed by atoms with van der Waals surface area (Å²) < 4.78 is 0. The predicted molar refractivity (Wildman–Crippen MR) is 112 cm³/mol. The molecule has 1 unspecified atom stereocenters. The summed E-state index contributed by atoms with van der Waals surface area (Å²) in [6.07, 6.45) is 0.221. The van der Waals surface area contributed by atoms with Crippen LogP contribution in [0.15, 0.2) is 65.4 Å². The molecule has 156 valence electrons. The van der Waals surface area contributed by atoms with Crippen molar-refractivity contribution in [2.24, 2.45) is 0 Å². The zero-order chi connectivity index (χ0) is 23.5. The lowest BCUT2D eigenvalue weighted by Crippen LogP contribution is -2.43. The minimum Gasteiger partial charge on any atom is -0.373 e. The van der Waals surface area contributed by atoms with Crippen LogP contribution in [-0.4, -0.2) is 9.85 Å². The molecule has 2 aromatic carbocycles. The van der Waals surface area contributed by atoms with Crippen LogP contribution in [0.4, 0.5) is 11.4 Å². The van der Waals surface area contributed by atoms with Crippen molar-refractivity contribution in [3.05, 3.63) is 96.7 Å². The number of nitro groups is 2. The van der Waals surface area contributed by atoms with Gasteiger partial charge in [-0.3, -0.25) is 20.2 Å². The van der Waals surface area contributed by atoms with Crippen LogP contribution in [0.1, 0.15) is 24.5 Å². The fraction of sp³-hybridized carbons (Fsp3) is 0.136. The van der Waals surface area contributed by atoms with E-state index in [1.165, 1.54) is 36.4 Å². The van der Waals surface area contributed by atoms with Gasteiger partial charge in [0, 0.05) is 30.7 Å². The standard InChI is InChI=1S/C22H14N6O4/c1-22(16-4-8-18(9-5-16)28(31)32)10-19(14-2-6-17(7-3-14)27(29)30)20(13-25)21(26-22)15(11-23)12-24/h2-9,26H,10H2,1H3. The molecule has 0 bridgehead atoms. The van der Waals surface area contributed by atoms with Gasteiger partial charge in [-0.2, -0.15) is 15.8 Å². The van der Waals surface area contributed by atoms with Crippen LogP contribution >= 0.6 is 0 Å². The molecule has 0 aromatic heterocycles. The number of hydrogen-bond acceptors (Lipinski definition) is 8. The molecule has 1 heterocycles. The van der Waals surface area contributed by atoms with Crippen LogP contribution < -0.4 is 5.32 Å². The number of rotatable bonds is 4. The number of nitriles is 3. The summed E-state index contributed by atoms with van der Waals surface area (Å²) >= 11 is 0. The van der Waals surface area contributed by atoms with Crippen LogP contribution in [0.2, 0.25) is 0 Å². The fourth-order valence-corrected chi connectivity index (χ4v) is 3.58. The van der Waals surface area contributed by atoms with Crippen LogP contribution in [0.25, 0.3) is 5.57 Å². The molecule has 2 aromatic rings. The summed E-state index contributed by atoms with van der Waals surface area (Å²) in [4.78, 5) is 20.9. The van der Waals surface area contributed by atoms with Crippen LogP contribution in [0, 0.1) is 54.2 Å². The Hall–Kier alpha value is -5.01. The third kappa shape index (κ3) is 3.87. The maximum atomic E-state index is 11.0. The number of benzene rings is 2. The van der Waals surface area contributed by atoms with E-state index in [2.05, 4.69) is 5.32 Å². The van der Waals surface area contributed by atoms with E-state index in [1.807, 2.05) is 6.07 Å². The largest absolute Gasteiger partial charge is 0.373 e. The third-order valence-electron chi connectivity index (χ3n) is 5.21. The first kappa shape index (κ1) is 21.7. The maximum absolute atomic E-state index is 11.0. The Morgan fingerprint density at radius 2 is 1.44 bits per heavy atom. The summed E-state index contributed by atoms with van der Waals surface area (Å²) in [5.74, 6) is 0. The molecule has 0 radical (unpaired) electrons. The number of hydrogen-bond donors (Lipinski definition) is 1. The lowest BCUT2D eigenvalue weighted by molar-refractivity contribution is -0.385. The summed E-state index contributed by atoms with van der Waals surface area (Å²) in [5, 5.41) is 53.8. The Kier molecular flexibility index (Phi) is 5.69. The molecule has 1 N–H and O–H groups in total. The monoisotopic (exact) mass is 426 g/mol. The normalized spacial score (nSPS) is 17.4. The molecule has 32 heavy (non-hydrogen) atoms. The van der Waals surface area contributed by atoms with Gasteiger partial charge in [0.05, 0.1) is 26.7 Å². The Balaban J connectivity index is 2.23. The predicted octanol–water partition coefficient (Wildman–Crippen LogP) is 3.99. The molecule has 0 aliphatic carbocycles. The summed E-state index contributed by atoms with van der Waals surface area (Å²) in [6, 6.07) is 17.0. The molecule has 10 heteroatoms. The second-order valence-electron chi connectivity index (χ2n) is 7.18. The molecule has 0 fully saturated rings. The minimum atomic E-state index is -0.930. The lowest BCUT2D eigenvalue weighted by Gasteiger charge is -2.39. The van der Waals surface area contributed by atoms with Gasteiger partial charge in [-0.1, -0.05) is 0 Å². The molecule has 0 amide bonds. The second kappa shape index (κ2) is 8.39. The van der Waals surface area contributed by atoms with Gasteiger partial charge in [-0.25, -0.2) is 0 Å². The van der Waals surface area contributed by atoms with Gasteiger partial charge in [-0.15, -0.1) is 0 Å². The Bertz CT molecular complexity index is 1290. The van der Waals surface area contributed by atoms with Gasteiger partial charge < -0.3 is 5.32 Å². The summed E-state index contributed by atoms with van der Waals surface area (Å²) in [7, 11) is 0. The number of nitrogens with one attached hydrogen (secondary N) is 1. The third-order valence-corrected chi connectivity index (χ3v) is 5.21. The highest BCUT2D eigenvalue weighted by molar-refractivity contribution is 5.80. The quantitative estimate of drug-likeness (QED) is 0.434. The van der Waals surface area contributed by atoms with Crippen LogP contribution in [-0.2, 0) is 5.54 Å². The molecule has 1 aliphatic rings. The zero-order valence-electron chi connectivity index (χ0n) is 16.7. The Morgan fingerprint density at radius 3 is 1.88 bits per heavy atom. The van der Waals surface area contributed by atoms with Crippen molar-refractivity contribution >= 4 is 16.9 Å². The molecule has 1 aliphatic heterocycles. The van der Waals surface area contributed by atoms with Crippen LogP contribution in [0.3, 0.4) is 0 Å². The van der Waals surface area contributed by atoms with E-state index in [0.29, 0.717) is 16.7 Å². The molecule has 0 saturated heterocycles. The van der Waals surface area contributed by atoms with Crippen molar-refractivity contribution in [1.82, 2.24) is 5.32 Å². The molecular weight excluding hydrogens is 412 g/mol. The van der Waals surface area contributed by atoms with E-state index in [1.54, 1.807) is 31.2 Å². The van der Waals surface area contributed by atoms with Gasteiger partial charge >= 0.3 is 0 Å². The van der Waals surface area contributed by atoms with E-state index >= 15 is 0 Å². The summed E-state index contributed by atoms with van der Waals surface area (Å²) in [5.41, 5.74) is 0.318. The molecule has 10 nitrogen and oxygen atoms in total. The molecule has 0 spiro atoms. The van der Waals surface area contributed by atoms with Gasteiger partial charge in [0.1, 0.15) is 18.2 Å². The van der Waals surface area contributed by atoms with Crippen molar-refractivity contribution in [3.8, 4) is 18.2 Å². The van der Waals surface area contributed by atoms with Crippen molar-refractivity contribution in [1.29, 1.82) is 15.8 Å². The first-order valence-corrected chi connectivity index (χ1v) is 9.20. The first-order chi connectivity index (χ1) is 15.2. The molecule has 0 saturated carbocycles. The van der Waals surface area contributed by atoms with Crippen molar-refractivity contribution in [2.75, 3.05) is 0 Å². The maximum Gasteiger partial charge on any atom is 0.269 e. The van der Waals surface area contributed by atoms with E-state index in [0.717, 1.165) is 0 Å². The smallest absolute Gasteiger partial charge is 0.269 e. The molecular formula is C22H14N6O4. The SMILES string of the molecule is CC1(c2ccc([N+](=O)[O-])cc2)CC(c2ccc([N+](=O)[O-])cc2)=C(C#N)C(=C(C#N)C#N)N1. The van der Waals surface area contributed by atoms with E-state index < -0.39 is 15.4 Å². The number of non-ortho nitro benzene ring substituents is 2. The topological polar surface area (TPSA) is 170 Å². The Morgan fingerprint density at radius 1 is 0.938 bits per heavy atom. The highest BCUT2D eigenvalue weighted by Crippen LogP contribution is 2.42. The lowest BCUT2D eigenvalue weighted by atomic mass is 9.77. The van der Waals surface area contributed by atoms with E-state index in [-0.39, 0.29) is 34.6 Å². The number of allylic oxidation sites excluding steroid dienone is 2. The number of nitrogens with zero attached hydrogens (tertiary/aromatic N) is 5. The van der Waals surface area contributed by atoms with E-state index in [4.69, 9.17) is 0 Å². The van der Waals surface area contributed by atoms with Gasteiger partial charge in [-0.05, 0) is 47.9 Å². The van der Waals surface area contributed by atoms with Crippen LogP contribution in [0.5, 0.6) is 0 Å². The second-order valence-corrected chi connectivity index (χ2v) is 7.18. The summed E-state index contributed by atoms with van der Waals surface area (Å²) in [6.45, 7) is 1.78. The Labute approximate surface area is 182 Å². The average molecular weight is 426 g/mol. The van der Waals surface area contributed by atoms with Crippen molar-refractivity contribution in [3.63, 3.8) is 0 Å². The van der Waals surface area contributed by atoms with Crippen molar-refractivity contribution in [2.45, 2.75) is 18.9 Å². The van der Waals surface area contributed by atoms with Gasteiger partial charge in [0.15, 0.2) is 5.57 Å².